The molecule has 0 amide bonds. The minimum atomic E-state index is 0.0507. The highest BCUT2D eigenvalue weighted by molar-refractivity contribution is 7.21. The van der Waals surface area contributed by atoms with E-state index in [0.29, 0.717) is 5.65 Å². The van der Waals surface area contributed by atoms with Gasteiger partial charge in [0, 0.05) is 6.42 Å². The van der Waals surface area contributed by atoms with E-state index in [9.17, 15) is 0 Å². The Morgan fingerprint density at radius 3 is 2.29 bits per heavy atom. The van der Waals surface area contributed by atoms with Gasteiger partial charge >= 0.3 is 0 Å². The Balaban J connectivity index is 1.37. The van der Waals surface area contributed by atoms with E-state index >= 15 is 0 Å². The molecule has 162 valence electrons. The second-order valence-electron chi connectivity index (χ2n) is 8.42. The first-order chi connectivity index (χ1) is 16.8. The third-order valence-electron chi connectivity index (χ3n) is 6.28. The predicted molar refractivity (Wildman–Crippen MR) is 139 cm³/mol. The molecule has 1 atom stereocenters. The molecule has 6 aromatic rings. The summed E-state index contributed by atoms with van der Waals surface area (Å²) in [5.41, 5.74) is 5.82. The fourth-order valence-corrected chi connectivity index (χ4v) is 5.47. The first-order valence-electron chi connectivity index (χ1n) is 11.3. The van der Waals surface area contributed by atoms with E-state index in [0.717, 1.165) is 38.7 Å². The molecule has 0 radical (unpaired) electrons. The topological polar surface area (TPSA) is 54.3 Å². The minimum absolute atomic E-state index is 0.0507. The van der Waals surface area contributed by atoms with Gasteiger partial charge in [0.15, 0.2) is 10.5 Å². The molecule has 2 aromatic heterocycles. The molecule has 4 aromatic carbocycles. The van der Waals surface area contributed by atoms with Gasteiger partial charge in [0.25, 0.3) is 0 Å². The van der Waals surface area contributed by atoms with Crippen molar-refractivity contribution in [2.24, 2.45) is 5.10 Å². The third-order valence-corrected chi connectivity index (χ3v) is 7.21. The average molecular weight is 458 g/mol. The number of rotatable bonds is 3. The van der Waals surface area contributed by atoms with Crippen molar-refractivity contribution in [2.45, 2.75) is 12.5 Å². The van der Waals surface area contributed by atoms with Crippen LogP contribution in [0.2, 0.25) is 0 Å². The van der Waals surface area contributed by atoms with Crippen LogP contribution in [0.15, 0.2) is 102 Å². The fourth-order valence-electron chi connectivity index (χ4n) is 4.58. The number of hydrogen-bond acceptors (Lipinski definition) is 6. The average Bonchev–Trinajstić information content (AvgIpc) is 3.52. The van der Waals surface area contributed by atoms with Gasteiger partial charge in [0.1, 0.15) is 0 Å². The number of anilines is 1. The molecule has 34 heavy (non-hydrogen) atoms. The van der Waals surface area contributed by atoms with Crippen molar-refractivity contribution in [1.29, 1.82) is 0 Å². The van der Waals surface area contributed by atoms with Gasteiger partial charge in [-0.1, -0.05) is 90.2 Å². The Kier molecular flexibility index (Phi) is 4.38. The van der Waals surface area contributed by atoms with E-state index in [2.05, 4.69) is 71.7 Å². The predicted octanol–water partition coefficient (Wildman–Crippen LogP) is 6.75. The minimum Gasteiger partial charge on any atom is -0.232 e. The van der Waals surface area contributed by atoms with Crippen LogP contribution in [0.5, 0.6) is 0 Å². The molecular formula is C28H19N5S. The molecule has 1 aliphatic heterocycles. The summed E-state index contributed by atoms with van der Waals surface area (Å²) in [6.07, 6.45) is 0.807. The molecule has 6 heteroatoms. The summed E-state index contributed by atoms with van der Waals surface area (Å²) in [7, 11) is 0. The van der Waals surface area contributed by atoms with Crippen LogP contribution in [0.4, 0.5) is 5.13 Å². The van der Waals surface area contributed by atoms with Gasteiger partial charge in [0.2, 0.25) is 5.13 Å². The van der Waals surface area contributed by atoms with E-state index in [1.807, 2.05) is 30.3 Å². The number of aromatic nitrogens is 3. The maximum atomic E-state index is 5.07. The van der Waals surface area contributed by atoms with Gasteiger partial charge < -0.3 is 0 Å². The smallest absolute Gasteiger partial charge is 0.210 e. The monoisotopic (exact) mass is 457 g/mol. The van der Waals surface area contributed by atoms with Gasteiger partial charge in [-0.25, -0.2) is 15.0 Å². The molecule has 0 N–H and O–H groups in total. The maximum Gasteiger partial charge on any atom is 0.210 e. The van der Waals surface area contributed by atoms with Gasteiger partial charge in [-0.15, -0.1) is 0 Å². The number of thiazole rings is 1. The van der Waals surface area contributed by atoms with Gasteiger partial charge in [-0.2, -0.15) is 10.1 Å². The highest BCUT2D eigenvalue weighted by Crippen LogP contribution is 2.40. The number of para-hydroxylation sites is 2. The zero-order valence-corrected chi connectivity index (χ0v) is 19.0. The van der Waals surface area contributed by atoms with Crippen LogP contribution in [0.25, 0.3) is 32.3 Å². The first kappa shape index (κ1) is 19.3. The number of hydrazone groups is 1. The van der Waals surface area contributed by atoms with Crippen molar-refractivity contribution in [1.82, 2.24) is 15.0 Å². The normalized spacial score (nSPS) is 15.9. The highest BCUT2D eigenvalue weighted by Gasteiger charge is 2.32. The lowest BCUT2D eigenvalue weighted by Crippen LogP contribution is -2.18. The molecule has 0 fully saturated rings. The molecular weight excluding hydrogens is 438 g/mol. The van der Waals surface area contributed by atoms with E-state index in [4.69, 9.17) is 20.1 Å². The van der Waals surface area contributed by atoms with Crippen LogP contribution in [0.1, 0.15) is 23.6 Å². The van der Waals surface area contributed by atoms with E-state index in [1.165, 1.54) is 16.3 Å². The highest BCUT2D eigenvalue weighted by atomic mass is 32.1. The van der Waals surface area contributed by atoms with Crippen molar-refractivity contribution in [3.63, 3.8) is 0 Å². The Bertz CT molecular complexity index is 1650. The molecule has 0 saturated heterocycles. The molecule has 0 saturated carbocycles. The molecule has 0 spiro atoms. The number of benzene rings is 4. The van der Waals surface area contributed by atoms with Crippen LogP contribution < -0.4 is 5.01 Å². The lowest BCUT2D eigenvalue weighted by molar-refractivity contribution is 0.708. The van der Waals surface area contributed by atoms with Crippen molar-refractivity contribution in [3.05, 3.63) is 108 Å². The molecule has 0 bridgehead atoms. The van der Waals surface area contributed by atoms with Crippen molar-refractivity contribution in [3.8, 4) is 0 Å². The summed E-state index contributed by atoms with van der Waals surface area (Å²) in [5, 5.41) is 10.4. The van der Waals surface area contributed by atoms with Gasteiger partial charge in [-0.05, 0) is 40.1 Å². The Morgan fingerprint density at radius 2 is 1.44 bits per heavy atom. The second-order valence-corrected chi connectivity index (χ2v) is 9.38. The number of hydrogen-bond donors (Lipinski definition) is 0. The largest absolute Gasteiger partial charge is 0.232 e. The lowest BCUT2D eigenvalue weighted by atomic mass is 9.96. The zero-order valence-electron chi connectivity index (χ0n) is 18.2. The molecule has 3 heterocycles. The van der Waals surface area contributed by atoms with Crippen molar-refractivity contribution in [2.75, 3.05) is 5.01 Å². The van der Waals surface area contributed by atoms with Crippen molar-refractivity contribution >= 4 is 54.5 Å². The molecule has 7 rings (SSSR count). The molecule has 0 aliphatic carbocycles. The van der Waals surface area contributed by atoms with Gasteiger partial charge in [0.05, 0.1) is 22.8 Å². The quantitative estimate of drug-likeness (QED) is 0.295. The molecule has 5 nitrogen and oxygen atoms in total. The summed E-state index contributed by atoms with van der Waals surface area (Å²) in [6.45, 7) is 0. The first-order valence-corrected chi connectivity index (χ1v) is 12.1. The SMILES string of the molecule is c1ccc(C2=NN(c3nc4nc5ccccc5nc4s3)C(c3ccc4ccccc4c3)C2)cc1. The zero-order chi connectivity index (χ0) is 22.5. The second kappa shape index (κ2) is 7.71. The van der Waals surface area contributed by atoms with Crippen LogP contribution in [-0.2, 0) is 0 Å². The van der Waals surface area contributed by atoms with Crippen LogP contribution in [0.3, 0.4) is 0 Å². The number of nitrogens with zero attached hydrogens (tertiary/aromatic N) is 5. The number of fused-ring (bicyclic) bond motifs is 3. The standard InChI is InChI=1S/C28H19N5S/c1-2-9-19(10-3-1)24-17-25(21-15-14-18-8-4-5-11-20(18)16-21)33(32-24)28-31-26-27(34-28)30-23-13-7-6-12-22(23)29-26/h1-16,25H,17H2. The van der Waals surface area contributed by atoms with Crippen LogP contribution in [0, 0.1) is 0 Å². The van der Waals surface area contributed by atoms with Crippen LogP contribution >= 0.6 is 11.3 Å². The van der Waals surface area contributed by atoms with E-state index in [1.54, 1.807) is 11.3 Å². The van der Waals surface area contributed by atoms with Crippen molar-refractivity contribution < 1.29 is 0 Å². The molecule has 1 aliphatic rings. The summed E-state index contributed by atoms with van der Waals surface area (Å²) < 4.78 is 0. The third kappa shape index (κ3) is 3.23. The maximum absolute atomic E-state index is 5.07. The Hall–Kier alpha value is -4.16. The summed E-state index contributed by atoms with van der Waals surface area (Å²) >= 11 is 1.54. The Morgan fingerprint density at radius 1 is 0.706 bits per heavy atom. The van der Waals surface area contributed by atoms with E-state index in [-0.39, 0.29) is 6.04 Å². The summed E-state index contributed by atoms with van der Waals surface area (Å²) in [6, 6.07) is 33.5. The lowest BCUT2D eigenvalue weighted by Gasteiger charge is -2.21. The Labute approximate surface area is 200 Å². The molecule has 1 unspecified atom stereocenters. The van der Waals surface area contributed by atoms with Gasteiger partial charge in [-0.3, -0.25) is 0 Å². The summed E-state index contributed by atoms with van der Waals surface area (Å²) in [5.74, 6) is 0. The summed E-state index contributed by atoms with van der Waals surface area (Å²) in [4.78, 5) is 15.3. The van der Waals surface area contributed by atoms with E-state index < -0.39 is 0 Å². The van der Waals surface area contributed by atoms with Crippen LogP contribution in [-0.4, -0.2) is 20.7 Å². The fraction of sp³-hybridized carbons (Fsp3) is 0.0714.